The summed E-state index contributed by atoms with van der Waals surface area (Å²) in [7, 11) is 0. The molecule has 2 aromatic carbocycles. The number of nitrogens with zero attached hydrogens (tertiary/aromatic N) is 2. The maximum absolute atomic E-state index is 5.02. The normalized spacial score (nSPS) is 11.4. The molecule has 0 radical (unpaired) electrons. The Morgan fingerprint density at radius 2 is 1.60 bits per heavy atom. The molecule has 120 valence electrons. The summed E-state index contributed by atoms with van der Waals surface area (Å²) in [4.78, 5) is 6.23. The molecule has 2 nitrogen and oxygen atoms in total. The summed E-state index contributed by atoms with van der Waals surface area (Å²) in [5, 5.41) is 4.58. The Hall–Kier alpha value is -2.91. The van der Waals surface area contributed by atoms with E-state index in [1.54, 1.807) is 11.3 Å². The maximum atomic E-state index is 5.02. The van der Waals surface area contributed by atoms with Crippen molar-refractivity contribution >= 4 is 33.3 Å². The van der Waals surface area contributed by atoms with Crippen molar-refractivity contribution in [2.45, 2.75) is 6.54 Å². The molecule has 25 heavy (non-hydrogen) atoms. The Morgan fingerprint density at radius 1 is 0.760 bits per heavy atom. The first-order valence-corrected chi connectivity index (χ1v) is 9.24. The predicted molar refractivity (Wildman–Crippen MR) is 106 cm³/mol. The van der Waals surface area contributed by atoms with Gasteiger partial charge in [0.2, 0.25) is 0 Å². The van der Waals surface area contributed by atoms with Crippen LogP contribution in [0.5, 0.6) is 0 Å². The molecule has 0 saturated carbocycles. The van der Waals surface area contributed by atoms with Crippen LogP contribution in [-0.2, 0) is 6.54 Å². The highest BCUT2D eigenvalue weighted by Crippen LogP contribution is 2.31. The quantitative estimate of drug-likeness (QED) is 0.396. The Kier molecular flexibility index (Phi) is 3.39. The van der Waals surface area contributed by atoms with Crippen LogP contribution >= 0.6 is 11.3 Å². The van der Waals surface area contributed by atoms with Crippen LogP contribution in [0.25, 0.3) is 32.5 Å². The number of rotatable bonds is 3. The van der Waals surface area contributed by atoms with Gasteiger partial charge in [0, 0.05) is 17.3 Å². The van der Waals surface area contributed by atoms with Crippen molar-refractivity contribution < 1.29 is 0 Å². The van der Waals surface area contributed by atoms with Crippen LogP contribution < -0.4 is 0 Å². The second kappa shape index (κ2) is 5.87. The van der Waals surface area contributed by atoms with E-state index in [0.29, 0.717) is 0 Å². The lowest BCUT2D eigenvalue weighted by Gasteiger charge is -2.07. The SMILES string of the molecule is c1ccc(Cn2c3ccccc3c3ccc(-c4cccs4)nc32)cc1. The number of hydrogen-bond donors (Lipinski definition) is 0. The van der Waals surface area contributed by atoms with Gasteiger partial charge in [-0.15, -0.1) is 11.3 Å². The molecule has 3 aromatic heterocycles. The van der Waals surface area contributed by atoms with Crippen LogP contribution in [0.15, 0.2) is 84.2 Å². The Balaban J connectivity index is 1.78. The van der Waals surface area contributed by atoms with Gasteiger partial charge in [-0.1, -0.05) is 54.6 Å². The maximum Gasteiger partial charge on any atom is 0.142 e. The summed E-state index contributed by atoms with van der Waals surface area (Å²) < 4.78 is 2.33. The van der Waals surface area contributed by atoms with Crippen LogP contribution in [0.1, 0.15) is 5.56 Å². The fourth-order valence-electron chi connectivity index (χ4n) is 3.40. The van der Waals surface area contributed by atoms with Crippen molar-refractivity contribution in [2.75, 3.05) is 0 Å². The van der Waals surface area contributed by atoms with Gasteiger partial charge in [-0.3, -0.25) is 0 Å². The van der Waals surface area contributed by atoms with Gasteiger partial charge in [-0.25, -0.2) is 4.98 Å². The second-order valence-corrected chi connectivity index (χ2v) is 7.08. The fraction of sp³-hybridized carbons (Fsp3) is 0.0455. The van der Waals surface area contributed by atoms with Gasteiger partial charge in [0.1, 0.15) is 5.65 Å². The molecule has 0 fully saturated rings. The molecule has 0 aliphatic heterocycles. The van der Waals surface area contributed by atoms with Crippen molar-refractivity contribution in [3.63, 3.8) is 0 Å². The first kappa shape index (κ1) is 14.4. The van der Waals surface area contributed by atoms with Crippen LogP contribution in [0.4, 0.5) is 0 Å². The van der Waals surface area contributed by atoms with E-state index in [2.05, 4.69) is 88.8 Å². The fourth-order valence-corrected chi connectivity index (χ4v) is 4.10. The third-order valence-corrected chi connectivity index (χ3v) is 5.47. The monoisotopic (exact) mass is 340 g/mol. The summed E-state index contributed by atoms with van der Waals surface area (Å²) in [6.07, 6.45) is 0. The van der Waals surface area contributed by atoms with Crippen molar-refractivity contribution in [1.29, 1.82) is 0 Å². The van der Waals surface area contributed by atoms with Crippen LogP contribution in [0, 0.1) is 0 Å². The number of hydrogen-bond acceptors (Lipinski definition) is 2. The number of pyridine rings is 1. The summed E-state index contributed by atoms with van der Waals surface area (Å²) >= 11 is 1.73. The van der Waals surface area contributed by atoms with Gasteiger partial charge in [0.05, 0.1) is 16.1 Å². The third kappa shape index (κ3) is 2.44. The molecule has 0 saturated heterocycles. The van der Waals surface area contributed by atoms with E-state index in [1.165, 1.54) is 26.7 Å². The Morgan fingerprint density at radius 3 is 2.44 bits per heavy atom. The van der Waals surface area contributed by atoms with Crippen LogP contribution in [-0.4, -0.2) is 9.55 Å². The molecule has 0 atom stereocenters. The lowest BCUT2D eigenvalue weighted by atomic mass is 10.2. The molecule has 0 aliphatic carbocycles. The molecule has 0 bridgehead atoms. The predicted octanol–water partition coefficient (Wildman–Crippen LogP) is 5.97. The zero-order chi connectivity index (χ0) is 16.6. The van der Waals surface area contributed by atoms with Crippen molar-refractivity contribution in [3.05, 3.63) is 89.8 Å². The number of fused-ring (bicyclic) bond motifs is 3. The van der Waals surface area contributed by atoms with Crippen molar-refractivity contribution in [2.24, 2.45) is 0 Å². The first-order valence-electron chi connectivity index (χ1n) is 8.36. The molecule has 0 unspecified atom stereocenters. The van der Waals surface area contributed by atoms with E-state index in [9.17, 15) is 0 Å². The van der Waals surface area contributed by atoms with E-state index in [4.69, 9.17) is 4.98 Å². The van der Waals surface area contributed by atoms with Gasteiger partial charge >= 0.3 is 0 Å². The molecule has 5 aromatic rings. The first-order chi connectivity index (χ1) is 12.4. The van der Waals surface area contributed by atoms with E-state index >= 15 is 0 Å². The number of benzene rings is 2. The zero-order valence-electron chi connectivity index (χ0n) is 13.6. The van der Waals surface area contributed by atoms with E-state index in [1.807, 2.05) is 0 Å². The second-order valence-electron chi connectivity index (χ2n) is 6.13. The average Bonchev–Trinajstić information content (AvgIpc) is 3.30. The van der Waals surface area contributed by atoms with Crippen molar-refractivity contribution in [1.82, 2.24) is 9.55 Å². The molecule has 0 spiro atoms. The molecule has 5 rings (SSSR count). The number of para-hydroxylation sites is 1. The van der Waals surface area contributed by atoms with Gasteiger partial charge in [-0.2, -0.15) is 0 Å². The number of aromatic nitrogens is 2. The zero-order valence-corrected chi connectivity index (χ0v) is 14.4. The van der Waals surface area contributed by atoms with E-state index in [0.717, 1.165) is 17.9 Å². The Bertz CT molecular complexity index is 1160. The minimum Gasteiger partial charge on any atom is -0.321 e. The molecule has 3 heteroatoms. The van der Waals surface area contributed by atoms with Crippen LogP contribution in [0.3, 0.4) is 0 Å². The summed E-state index contributed by atoms with van der Waals surface area (Å²) in [5.41, 5.74) is 4.61. The largest absolute Gasteiger partial charge is 0.321 e. The average molecular weight is 340 g/mol. The van der Waals surface area contributed by atoms with Gasteiger partial charge in [-0.05, 0) is 35.2 Å². The third-order valence-electron chi connectivity index (χ3n) is 4.57. The highest BCUT2D eigenvalue weighted by molar-refractivity contribution is 7.13. The highest BCUT2D eigenvalue weighted by Gasteiger charge is 2.13. The Labute approximate surface area is 150 Å². The minimum absolute atomic E-state index is 0.825. The van der Waals surface area contributed by atoms with Gasteiger partial charge < -0.3 is 4.57 Å². The summed E-state index contributed by atoms with van der Waals surface area (Å²) in [6.45, 7) is 0.825. The standard InChI is InChI=1S/C22H16N2S/c1-2-7-16(8-3-1)15-24-20-10-5-4-9-17(20)18-12-13-19(23-22(18)24)21-11-6-14-25-21/h1-14H,15H2. The highest BCUT2D eigenvalue weighted by atomic mass is 32.1. The number of thiophene rings is 1. The molecule has 0 aliphatic rings. The molecule has 0 amide bonds. The lowest BCUT2D eigenvalue weighted by molar-refractivity contribution is 0.857. The lowest BCUT2D eigenvalue weighted by Crippen LogP contribution is -2.00. The van der Waals surface area contributed by atoms with Crippen molar-refractivity contribution in [3.8, 4) is 10.6 Å². The molecular weight excluding hydrogens is 324 g/mol. The van der Waals surface area contributed by atoms with E-state index < -0.39 is 0 Å². The van der Waals surface area contributed by atoms with Crippen LogP contribution in [0.2, 0.25) is 0 Å². The molecule has 3 heterocycles. The summed E-state index contributed by atoms with van der Waals surface area (Å²) in [5.74, 6) is 0. The summed E-state index contributed by atoms with van der Waals surface area (Å²) in [6, 6.07) is 27.7. The molecular formula is C22H16N2S. The topological polar surface area (TPSA) is 17.8 Å². The van der Waals surface area contributed by atoms with Gasteiger partial charge in [0.25, 0.3) is 0 Å². The minimum atomic E-state index is 0.825. The smallest absolute Gasteiger partial charge is 0.142 e. The van der Waals surface area contributed by atoms with Gasteiger partial charge in [0.15, 0.2) is 0 Å². The van der Waals surface area contributed by atoms with E-state index in [-0.39, 0.29) is 0 Å². The molecule has 0 N–H and O–H groups in total.